The van der Waals surface area contributed by atoms with Gasteiger partial charge in [-0.3, -0.25) is 0 Å². The molecule has 0 amide bonds. The lowest BCUT2D eigenvalue weighted by Gasteiger charge is -2.09. The molecule has 0 radical (unpaired) electrons. The Hall–Kier alpha value is -1.79. The molecule has 106 valence electrons. The molecule has 7 heteroatoms. The zero-order chi connectivity index (χ0) is 14.5. The van der Waals surface area contributed by atoms with Gasteiger partial charge < -0.3 is 15.8 Å². The predicted molar refractivity (Wildman–Crippen MR) is 81.5 cm³/mol. The molecule has 3 N–H and O–H groups in total. The van der Waals surface area contributed by atoms with Gasteiger partial charge in [0.1, 0.15) is 5.82 Å². The lowest BCUT2D eigenvalue weighted by Crippen LogP contribution is -2.11. The van der Waals surface area contributed by atoms with Gasteiger partial charge in [-0.05, 0) is 30.7 Å². The highest BCUT2D eigenvalue weighted by atomic mass is 35.5. The minimum atomic E-state index is -0.488. The summed E-state index contributed by atoms with van der Waals surface area (Å²) in [5, 5.41) is 3.11. The normalized spacial score (nSPS) is 10.3. The summed E-state index contributed by atoms with van der Waals surface area (Å²) in [6.45, 7) is 0.651. The number of rotatable bonds is 5. The van der Waals surface area contributed by atoms with Gasteiger partial charge in [-0.15, -0.1) is 11.3 Å². The first-order chi connectivity index (χ1) is 9.60. The van der Waals surface area contributed by atoms with Crippen LogP contribution >= 0.6 is 22.9 Å². The zero-order valence-electron chi connectivity index (χ0n) is 10.9. The number of nitrogen functional groups attached to an aromatic ring is 1. The van der Waals surface area contributed by atoms with Gasteiger partial charge in [-0.2, -0.15) is 0 Å². The highest BCUT2D eigenvalue weighted by molar-refractivity contribution is 7.16. The Kier molecular flexibility index (Phi) is 4.81. The maximum Gasteiger partial charge on any atom is 0.356 e. The van der Waals surface area contributed by atoms with Gasteiger partial charge in [-0.25, -0.2) is 9.78 Å². The average molecular weight is 312 g/mol. The lowest BCUT2D eigenvalue weighted by atomic mass is 10.3. The molecule has 2 aromatic rings. The van der Waals surface area contributed by atoms with Crippen molar-refractivity contribution in [2.75, 3.05) is 24.7 Å². The van der Waals surface area contributed by atoms with Crippen molar-refractivity contribution < 1.29 is 9.53 Å². The average Bonchev–Trinajstić information content (AvgIpc) is 2.85. The molecule has 0 spiro atoms. The minimum absolute atomic E-state index is 0.225. The van der Waals surface area contributed by atoms with Gasteiger partial charge in [0.25, 0.3) is 0 Å². The summed E-state index contributed by atoms with van der Waals surface area (Å²) in [6, 6.07) is 7.01. The highest BCUT2D eigenvalue weighted by Crippen LogP contribution is 2.22. The number of anilines is 2. The maximum atomic E-state index is 11.4. The first kappa shape index (κ1) is 14.6. The monoisotopic (exact) mass is 311 g/mol. The number of nitrogens with two attached hydrogens (primary N) is 1. The van der Waals surface area contributed by atoms with E-state index in [1.807, 2.05) is 12.1 Å². The molecule has 0 bridgehead atoms. The van der Waals surface area contributed by atoms with E-state index in [1.54, 1.807) is 6.07 Å². The first-order valence-corrected chi connectivity index (χ1v) is 7.12. The van der Waals surface area contributed by atoms with Crippen LogP contribution in [0, 0.1) is 0 Å². The Morgan fingerprint density at radius 2 is 2.25 bits per heavy atom. The van der Waals surface area contributed by atoms with Crippen molar-refractivity contribution >= 4 is 40.4 Å². The van der Waals surface area contributed by atoms with E-state index in [4.69, 9.17) is 17.3 Å². The number of nitrogens with zero attached hydrogens (tertiary/aromatic N) is 1. The van der Waals surface area contributed by atoms with Crippen LogP contribution in [0.25, 0.3) is 0 Å². The number of carbonyl (C=O) groups is 1. The number of aromatic nitrogens is 1. The molecule has 20 heavy (non-hydrogen) atoms. The molecule has 0 unspecified atom stereocenters. The predicted octanol–water partition coefficient (Wildman–Crippen LogP) is 2.82. The van der Waals surface area contributed by atoms with E-state index >= 15 is 0 Å². The maximum absolute atomic E-state index is 11.4. The molecule has 0 fully saturated rings. The lowest BCUT2D eigenvalue weighted by molar-refractivity contribution is 0.0594. The molecule has 2 rings (SSSR count). The number of methoxy groups -OCH3 is 1. The van der Waals surface area contributed by atoms with Crippen molar-refractivity contribution in [3.05, 3.63) is 39.2 Å². The second-order valence-corrected chi connectivity index (χ2v) is 5.81. The quantitative estimate of drug-likeness (QED) is 0.830. The first-order valence-electron chi connectivity index (χ1n) is 5.93. The fourth-order valence-corrected chi connectivity index (χ4v) is 2.71. The summed E-state index contributed by atoms with van der Waals surface area (Å²) in [6.07, 6.45) is 0.807. The number of ether oxygens (including phenoxy) is 1. The van der Waals surface area contributed by atoms with Gasteiger partial charge in [0.05, 0.1) is 17.1 Å². The third-order valence-corrected chi connectivity index (χ3v) is 3.90. The standard InChI is InChI=1S/C13H14ClN3O2S/c1-19-13(18)10-4-3-9(15)12(17-10)16-7-6-8-2-5-11(14)20-8/h2-5H,6-7,15H2,1H3,(H,16,17). The zero-order valence-corrected chi connectivity index (χ0v) is 12.4. The number of esters is 1. The topological polar surface area (TPSA) is 77.2 Å². The molecule has 0 aromatic carbocycles. The number of pyridine rings is 1. The van der Waals surface area contributed by atoms with Crippen LogP contribution < -0.4 is 11.1 Å². The summed E-state index contributed by atoms with van der Waals surface area (Å²) in [5.41, 5.74) is 6.53. The van der Waals surface area contributed by atoms with Crippen LogP contribution in [0.3, 0.4) is 0 Å². The number of halogens is 1. The summed E-state index contributed by atoms with van der Waals surface area (Å²) in [7, 11) is 1.31. The van der Waals surface area contributed by atoms with Crippen LogP contribution in [0.1, 0.15) is 15.4 Å². The van der Waals surface area contributed by atoms with Crippen molar-refractivity contribution in [2.24, 2.45) is 0 Å². The van der Waals surface area contributed by atoms with Crippen LogP contribution in [0.2, 0.25) is 4.34 Å². The van der Waals surface area contributed by atoms with E-state index in [9.17, 15) is 4.79 Å². The summed E-state index contributed by atoms with van der Waals surface area (Å²) < 4.78 is 5.39. The molecule has 2 aromatic heterocycles. The Labute approximate surface area is 125 Å². The van der Waals surface area contributed by atoms with E-state index < -0.39 is 5.97 Å². The van der Waals surface area contributed by atoms with Crippen LogP contribution in [0.15, 0.2) is 24.3 Å². The van der Waals surface area contributed by atoms with Crippen LogP contribution in [-0.4, -0.2) is 24.6 Å². The number of thiophene rings is 1. The molecular formula is C13H14ClN3O2S. The highest BCUT2D eigenvalue weighted by Gasteiger charge is 2.10. The largest absolute Gasteiger partial charge is 0.464 e. The Morgan fingerprint density at radius 3 is 2.90 bits per heavy atom. The van der Waals surface area contributed by atoms with E-state index in [0.29, 0.717) is 18.1 Å². The number of nitrogens with one attached hydrogen (secondary N) is 1. The number of carbonyl (C=O) groups excluding carboxylic acids is 1. The summed E-state index contributed by atoms with van der Waals surface area (Å²) in [4.78, 5) is 16.7. The second kappa shape index (κ2) is 6.58. The van der Waals surface area contributed by atoms with Gasteiger partial charge in [0, 0.05) is 11.4 Å². The van der Waals surface area contributed by atoms with E-state index in [2.05, 4.69) is 15.0 Å². The smallest absolute Gasteiger partial charge is 0.356 e. The molecule has 5 nitrogen and oxygen atoms in total. The SMILES string of the molecule is COC(=O)c1ccc(N)c(NCCc2ccc(Cl)s2)n1. The molecule has 2 heterocycles. The van der Waals surface area contributed by atoms with E-state index in [0.717, 1.165) is 10.8 Å². The second-order valence-electron chi connectivity index (χ2n) is 4.01. The molecule has 0 aliphatic rings. The molecular weight excluding hydrogens is 298 g/mol. The van der Waals surface area contributed by atoms with Gasteiger partial charge in [-0.1, -0.05) is 11.6 Å². The number of hydrogen-bond donors (Lipinski definition) is 2. The van der Waals surface area contributed by atoms with Crippen molar-refractivity contribution in [3.63, 3.8) is 0 Å². The van der Waals surface area contributed by atoms with Crippen LogP contribution in [-0.2, 0) is 11.2 Å². The molecule has 0 saturated heterocycles. The summed E-state index contributed by atoms with van der Waals surface area (Å²) >= 11 is 7.41. The Morgan fingerprint density at radius 1 is 1.45 bits per heavy atom. The van der Waals surface area contributed by atoms with Crippen molar-refractivity contribution in [1.82, 2.24) is 4.98 Å². The van der Waals surface area contributed by atoms with Crippen molar-refractivity contribution in [1.29, 1.82) is 0 Å². The fourth-order valence-electron chi connectivity index (χ4n) is 1.62. The molecule has 0 saturated carbocycles. The molecule has 0 atom stereocenters. The Balaban J connectivity index is 1.99. The Bertz CT molecular complexity index is 615. The van der Waals surface area contributed by atoms with Crippen molar-refractivity contribution in [2.45, 2.75) is 6.42 Å². The van der Waals surface area contributed by atoms with Crippen LogP contribution in [0.4, 0.5) is 11.5 Å². The van der Waals surface area contributed by atoms with Crippen molar-refractivity contribution in [3.8, 4) is 0 Å². The van der Waals surface area contributed by atoms with Gasteiger partial charge in [0.15, 0.2) is 5.69 Å². The summed E-state index contributed by atoms with van der Waals surface area (Å²) in [5.74, 6) is -0.00589. The van der Waals surface area contributed by atoms with E-state index in [-0.39, 0.29) is 5.69 Å². The van der Waals surface area contributed by atoms with Gasteiger partial charge >= 0.3 is 5.97 Å². The van der Waals surface area contributed by atoms with Crippen LogP contribution in [0.5, 0.6) is 0 Å². The fraction of sp³-hybridized carbons (Fsp3) is 0.231. The molecule has 0 aliphatic carbocycles. The minimum Gasteiger partial charge on any atom is -0.464 e. The number of hydrogen-bond acceptors (Lipinski definition) is 6. The molecule has 0 aliphatic heterocycles. The van der Waals surface area contributed by atoms with Gasteiger partial charge in [0.2, 0.25) is 0 Å². The third kappa shape index (κ3) is 3.61. The van der Waals surface area contributed by atoms with E-state index in [1.165, 1.54) is 29.4 Å². The third-order valence-electron chi connectivity index (χ3n) is 2.61.